The van der Waals surface area contributed by atoms with Crippen molar-refractivity contribution in [2.24, 2.45) is 0 Å². The molecule has 1 atom stereocenters. The van der Waals surface area contributed by atoms with Gasteiger partial charge in [-0.3, -0.25) is 0 Å². The van der Waals surface area contributed by atoms with Crippen LogP contribution in [0.25, 0.3) is 0 Å². The molecule has 2 aromatic rings. The third-order valence-electron chi connectivity index (χ3n) is 3.29. The molecule has 2 N–H and O–H groups in total. The summed E-state index contributed by atoms with van der Waals surface area (Å²) in [6.07, 6.45) is 0.781. The molecule has 0 heterocycles. The van der Waals surface area contributed by atoms with Crippen molar-refractivity contribution in [2.45, 2.75) is 16.6 Å². The standard InChI is InChI=1S/C17H19ClN2S2/c1-20(2)17(21)11-16(12-7-9-13(18)10-8-12)22-15-6-4-3-5-14(15)19/h3-10,16H,11,19H2,1-2H3/t16-/m1/s1. The number of hydrogen-bond acceptors (Lipinski definition) is 3. The van der Waals surface area contributed by atoms with Crippen molar-refractivity contribution in [3.05, 3.63) is 59.1 Å². The van der Waals surface area contributed by atoms with Gasteiger partial charge < -0.3 is 10.6 Å². The molecule has 0 saturated heterocycles. The maximum Gasteiger partial charge on any atom is 0.0788 e. The van der Waals surface area contributed by atoms with Crippen molar-refractivity contribution in [1.82, 2.24) is 4.90 Å². The predicted molar refractivity (Wildman–Crippen MR) is 102 cm³/mol. The SMILES string of the molecule is CN(C)C(=S)C[C@@H](Sc1ccccc1N)c1ccc(Cl)cc1. The molecule has 2 nitrogen and oxygen atoms in total. The summed E-state index contributed by atoms with van der Waals surface area (Å²) in [5, 5.41) is 0.943. The van der Waals surface area contributed by atoms with E-state index in [2.05, 4.69) is 12.1 Å². The van der Waals surface area contributed by atoms with Gasteiger partial charge in [0.15, 0.2) is 0 Å². The van der Waals surface area contributed by atoms with E-state index in [1.165, 1.54) is 5.56 Å². The molecule has 5 heteroatoms. The van der Waals surface area contributed by atoms with Gasteiger partial charge in [0.25, 0.3) is 0 Å². The number of nitrogen functional groups attached to an aromatic ring is 1. The first-order valence-electron chi connectivity index (χ1n) is 6.94. The van der Waals surface area contributed by atoms with Crippen molar-refractivity contribution >= 4 is 46.3 Å². The van der Waals surface area contributed by atoms with Gasteiger partial charge in [-0.1, -0.05) is 48.1 Å². The molecule has 0 aromatic heterocycles. The summed E-state index contributed by atoms with van der Waals surface area (Å²) < 4.78 is 0. The molecule has 0 saturated carbocycles. The quantitative estimate of drug-likeness (QED) is 0.465. The van der Waals surface area contributed by atoms with Gasteiger partial charge in [0.05, 0.1) is 4.99 Å². The zero-order chi connectivity index (χ0) is 16.1. The topological polar surface area (TPSA) is 29.3 Å². The van der Waals surface area contributed by atoms with E-state index in [1.807, 2.05) is 55.4 Å². The van der Waals surface area contributed by atoms with Crippen LogP contribution in [0.1, 0.15) is 17.2 Å². The molecule has 116 valence electrons. The molecule has 0 unspecified atom stereocenters. The fourth-order valence-electron chi connectivity index (χ4n) is 1.99. The first kappa shape index (κ1) is 17.1. The van der Waals surface area contributed by atoms with E-state index in [0.717, 1.165) is 27.0 Å². The van der Waals surface area contributed by atoms with Crippen LogP contribution in [0.2, 0.25) is 5.02 Å². The maximum atomic E-state index is 6.08. The summed E-state index contributed by atoms with van der Waals surface area (Å²) in [6, 6.07) is 15.8. The van der Waals surface area contributed by atoms with Crippen molar-refractivity contribution in [1.29, 1.82) is 0 Å². The summed E-state index contributed by atoms with van der Waals surface area (Å²) in [6.45, 7) is 0. The van der Waals surface area contributed by atoms with E-state index < -0.39 is 0 Å². The second kappa shape index (κ2) is 7.86. The minimum atomic E-state index is 0.205. The Morgan fingerprint density at radius 2 is 1.82 bits per heavy atom. The molecule has 0 amide bonds. The van der Waals surface area contributed by atoms with Gasteiger partial charge in [-0.2, -0.15) is 0 Å². The van der Waals surface area contributed by atoms with E-state index in [0.29, 0.717) is 0 Å². The lowest BCUT2D eigenvalue weighted by Crippen LogP contribution is -2.21. The summed E-state index contributed by atoms with van der Waals surface area (Å²) in [5.74, 6) is 0. The van der Waals surface area contributed by atoms with Crippen molar-refractivity contribution in [2.75, 3.05) is 19.8 Å². The van der Waals surface area contributed by atoms with Gasteiger partial charge in [0, 0.05) is 41.4 Å². The van der Waals surface area contributed by atoms with Crippen LogP contribution < -0.4 is 5.73 Å². The minimum Gasteiger partial charge on any atom is -0.398 e. The second-order valence-corrected chi connectivity index (χ2v) is 7.34. The van der Waals surface area contributed by atoms with Gasteiger partial charge in [-0.05, 0) is 29.8 Å². The van der Waals surface area contributed by atoms with Gasteiger partial charge >= 0.3 is 0 Å². The van der Waals surface area contributed by atoms with Gasteiger partial charge in [0.1, 0.15) is 0 Å². The molecular formula is C17H19ClN2S2. The molecule has 0 spiro atoms. The molecule has 0 aliphatic carbocycles. The van der Waals surface area contributed by atoms with Crippen LogP contribution in [0.15, 0.2) is 53.4 Å². The minimum absolute atomic E-state index is 0.205. The second-order valence-electron chi connectivity index (χ2n) is 5.19. The molecule has 0 radical (unpaired) electrons. The third-order valence-corrected chi connectivity index (χ3v) is 5.42. The molecule has 0 aliphatic rings. The Bertz CT molecular complexity index is 641. The lowest BCUT2D eigenvalue weighted by molar-refractivity contribution is 0.615. The largest absolute Gasteiger partial charge is 0.398 e. The number of rotatable bonds is 5. The monoisotopic (exact) mass is 350 g/mol. The van der Waals surface area contributed by atoms with Crippen molar-refractivity contribution < 1.29 is 0 Å². The highest BCUT2D eigenvalue weighted by atomic mass is 35.5. The highest BCUT2D eigenvalue weighted by Crippen LogP contribution is 2.40. The lowest BCUT2D eigenvalue weighted by atomic mass is 10.1. The summed E-state index contributed by atoms with van der Waals surface area (Å²) in [7, 11) is 3.95. The number of thioether (sulfide) groups is 1. The summed E-state index contributed by atoms with van der Waals surface area (Å²) >= 11 is 13.2. The average Bonchev–Trinajstić information content (AvgIpc) is 2.49. The molecular weight excluding hydrogens is 332 g/mol. The summed E-state index contributed by atoms with van der Waals surface area (Å²) in [4.78, 5) is 3.97. The van der Waals surface area contributed by atoms with E-state index in [4.69, 9.17) is 29.6 Å². The van der Waals surface area contributed by atoms with Gasteiger partial charge in [-0.25, -0.2) is 0 Å². The zero-order valence-electron chi connectivity index (χ0n) is 12.6. The van der Waals surface area contributed by atoms with E-state index >= 15 is 0 Å². The fourth-order valence-corrected chi connectivity index (χ4v) is 3.59. The van der Waals surface area contributed by atoms with Crippen LogP contribution in [-0.2, 0) is 0 Å². The van der Waals surface area contributed by atoms with Crippen LogP contribution in [0.5, 0.6) is 0 Å². The van der Waals surface area contributed by atoms with Crippen LogP contribution in [0, 0.1) is 0 Å². The van der Waals surface area contributed by atoms with E-state index in [1.54, 1.807) is 11.8 Å². The molecule has 0 fully saturated rings. The number of nitrogens with zero attached hydrogens (tertiary/aromatic N) is 1. The Morgan fingerprint density at radius 3 is 2.41 bits per heavy atom. The maximum absolute atomic E-state index is 6.08. The Labute approximate surface area is 146 Å². The van der Waals surface area contributed by atoms with Crippen molar-refractivity contribution in [3.63, 3.8) is 0 Å². The van der Waals surface area contributed by atoms with Crippen LogP contribution >= 0.6 is 35.6 Å². The fraction of sp³-hybridized carbons (Fsp3) is 0.235. The van der Waals surface area contributed by atoms with Gasteiger partial charge in [0.2, 0.25) is 0 Å². The van der Waals surface area contributed by atoms with Crippen molar-refractivity contribution in [3.8, 4) is 0 Å². The number of para-hydroxylation sites is 1. The molecule has 2 aromatic carbocycles. The number of thiocarbonyl (C=S) groups is 1. The Kier molecular flexibility index (Phi) is 6.12. The third kappa shape index (κ3) is 4.63. The molecule has 0 aliphatic heterocycles. The van der Waals surface area contributed by atoms with Crippen LogP contribution in [-0.4, -0.2) is 24.0 Å². The Hall–Kier alpha value is -1.23. The first-order chi connectivity index (χ1) is 10.5. The van der Waals surface area contributed by atoms with Gasteiger partial charge in [-0.15, -0.1) is 11.8 Å². The van der Waals surface area contributed by atoms with E-state index in [-0.39, 0.29) is 5.25 Å². The van der Waals surface area contributed by atoms with Crippen LogP contribution in [0.3, 0.4) is 0 Å². The number of anilines is 1. The molecule has 2 rings (SSSR count). The summed E-state index contributed by atoms with van der Waals surface area (Å²) in [5.41, 5.74) is 8.07. The molecule has 22 heavy (non-hydrogen) atoms. The predicted octanol–water partition coefficient (Wildman–Crippen LogP) is 5.03. The Balaban J connectivity index is 2.27. The normalized spacial score (nSPS) is 12.0. The number of halogens is 1. The highest BCUT2D eigenvalue weighted by molar-refractivity contribution is 7.99. The highest BCUT2D eigenvalue weighted by Gasteiger charge is 2.17. The first-order valence-corrected chi connectivity index (χ1v) is 8.60. The average molecular weight is 351 g/mol. The number of hydrogen-bond donors (Lipinski definition) is 1. The number of benzene rings is 2. The van der Waals surface area contributed by atoms with Crippen LogP contribution in [0.4, 0.5) is 5.69 Å². The number of nitrogens with two attached hydrogens (primary N) is 1. The smallest absolute Gasteiger partial charge is 0.0788 e. The molecule has 0 bridgehead atoms. The zero-order valence-corrected chi connectivity index (χ0v) is 15.0. The van der Waals surface area contributed by atoms with E-state index in [9.17, 15) is 0 Å². The lowest BCUT2D eigenvalue weighted by Gasteiger charge is -2.22. The Morgan fingerprint density at radius 1 is 1.18 bits per heavy atom.